The molecule has 1 aliphatic carbocycles. The maximum Gasteiger partial charge on any atom is 0.227 e. The van der Waals surface area contributed by atoms with Crippen molar-refractivity contribution in [2.75, 3.05) is 27.2 Å². The minimum atomic E-state index is -0.419. The smallest absolute Gasteiger partial charge is 0.227 e. The van der Waals surface area contributed by atoms with E-state index in [9.17, 15) is 4.79 Å². The molecule has 1 unspecified atom stereocenters. The van der Waals surface area contributed by atoms with Gasteiger partial charge in [-0.05, 0) is 46.7 Å². The van der Waals surface area contributed by atoms with Crippen LogP contribution in [0.25, 0.3) is 0 Å². The van der Waals surface area contributed by atoms with Crippen molar-refractivity contribution in [3.63, 3.8) is 0 Å². The summed E-state index contributed by atoms with van der Waals surface area (Å²) in [5.74, 6) is 0.0932. The third-order valence-corrected chi connectivity index (χ3v) is 4.59. The van der Waals surface area contributed by atoms with Gasteiger partial charge in [0.25, 0.3) is 0 Å². The normalized spacial score (nSPS) is 21.8. The molecule has 1 amide bonds. The molecule has 1 fully saturated rings. The molecule has 1 saturated carbocycles. The second-order valence-electron chi connectivity index (χ2n) is 5.77. The lowest BCUT2D eigenvalue weighted by molar-refractivity contribution is -0.130. The number of hydrogen-bond donors (Lipinski definition) is 2. The fourth-order valence-electron chi connectivity index (χ4n) is 2.22. The molecule has 1 rings (SSSR count). The van der Waals surface area contributed by atoms with E-state index >= 15 is 0 Å². The van der Waals surface area contributed by atoms with Gasteiger partial charge in [-0.25, -0.2) is 0 Å². The van der Waals surface area contributed by atoms with E-state index in [1.165, 1.54) is 19.3 Å². The lowest BCUT2D eigenvalue weighted by Crippen LogP contribution is -2.58. The Bertz CT molecular complexity index is 268. The molecule has 0 aromatic heterocycles. The Labute approximate surface area is 105 Å². The molecule has 17 heavy (non-hydrogen) atoms. The zero-order valence-corrected chi connectivity index (χ0v) is 11.7. The van der Waals surface area contributed by atoms with E-state index in [4.69, 9.17) is 5.73 Å². The highest BCUT2D eigenvalue weighted by molar-refractivity contribution is 5.82. The van der Waals surface area contributed by atoms with Crippen LogP contribution in [0.15, 0.2) is 0 Å². The molecule has 1 atom stereocenters. The van der Waals surface area contributed by atoms with Gasteiger partial charge < -0.3 is 16.0 Å². The van der Waals surface area contributed by atoms with Crippen LogP contribution in [-0.4, -0.2) is 43.5 Å². The van der Waals surface area contributed by atoms with E-state index in [0.717, 1.165) is 13.0 Å². The van der Waals surface area contributed by atoms with Crippen molar-refractivity contribution < 1.29 is 4.79 Å². The lowest BCUT2D eigenvalue weighted by atomic mass is 9.75. The molecule has 4 heteroatoms. The predicted molar refractivity (Wildman–Crippen MR) is 70.7 cm³/mol. The summed E-state index contributed by atoms with van der Waals surface area (Å²) in [4.78, 5) is 14.4. The van der Waals surface area contributed by atoms with E-state index in [1.807, 2.05) is 13.8 Å². The summed E-state index contributed by atoms with van der Waals surface area (Å²) in [5, 5.41) is 3.09. The van der Waals surface area contributed by atoms with Gasteiger partial charge in [-0.3, -0.25) is 4.79 Å². The van der Waals surface area contributed by atoms with Crippen molar-refractivity contribution in [2.45, 2.75) is 45.1 Å². The molecule has 4 nitrogen and oxygen atoms in total. The molecule has 1 aliphatic rings. The molecule has 0 aliphatic heterocycles. The second kappa shape index (κ2) is 5.36. The molecule has 0 aromatic rings. The highest BCUT2D eigenvalue weighted by Crippen LogP contribution is 2.35. The molecule has 100 valence electrons. The van der Waals surface area contributed by atoms with Gasteiger partial charge in [0, 0.05) is 18.6 Å². The van der Waals surface area contributed by atoms with E-state index in [1.54, 1.807) is 0 Å². The van der Waals surface area contributed by atoms with Crippen LogP contribution in [0.1, 0.15) is 39.5 Å². The number of nitrogens with zero attached hydrogens (tertiary/aromatic N) is 1. The largest absolute Gasteiger partial charge is 0.354 e. The van der Waals surface area contributed by atoms with Crippen LogP contribution < -0.4 is 11.1 Å². The van der Waals surface area contributed by atoms with Crippen molar-refractivity contribution in [3.8, 4) is 0 Å². The highest BCUT2D eigenvalue weighted by Gasteiger charge is 2.40. The number of nitrogens with two attached hydrogens (primary N) is 1. The number of carbonyl (C=O) groups excluding carboxylic acids is 1. The fourth-order valence-corrected chi connectivity index (χ4v) is 2.22. The van der Waals surface area contributed by atoms with Crippen LogP contribution in [0.2, 0.25) is 0 Å². The minimum absolute atomic E-state index is 0.0932. The highest BCUT2D eigenvalue weighted by atomic mass is 16.2. The van der Waals surface area contributed by atoms with Gasteiger partial charge in [0.1, 0.15) is 0 Å². The Morgan fingerprint density at radius 1 is 1.47 bits per heavy atom. The number of likely N-dealkylation sites (N-methyl/N-ethyl adjacent to an activating group) is 1. The van der Waals surface area contributed by atoms with Crippen molar-refractivity contribution >= 4 is 5.91 Å². The second-order valence-corrected chi connectivity index (χ2v) is 5.77. The molecular weight excluding hydrogens is 214 g/mol. The van der Waals surface area contributed by atoms with E-state index in [0.29, 0.717) is 6.54 Å². The average molecular weight is 241 g/mol. The Morgan fingerprint density at radius 2 is 2.06 bits per heavy atom. The van der Waals surface area contributed by atoms with E-state index in [-0.39, 0.29) is 11.4 Å². The molecule has 3 N–H and O–H groups in total. The number of amides is 1. The number of hydrogen-bond acceptors (Lipinski definition) is 3. The van der Waals surface area contributed by atoms with Gasteiger partial charge in [0.2, 0.25) is 5.91 Å². The van der Waals surface area contributed by atoms with Gasteiger partial charge in [-0.2, -0.15) is 0 Å². The molecule has 0 spiro atoms. The van der Waals surface area contributed by atoms with Gasteiger partial charge in [0.15, 0.2) is 0 Å². The Hall–Kier alpha value is -0.610. The summed E-state index contributed by atoms with van der Waals surface area (Å²) >= 11 is 0. The van der Waals surface area contributed by atoms with Crippen LogP contribution in [0.5, 0.6) is 0 Å². The van der Waals surface area contributed by atoms with Crippen molar-refractivity contribution in [3.05, 3.63) is 0 Å². The predicted octanol–water partition coefficient (Wildman–Crippen LogP) is 0.962. The summed E-state index contributed by atoms with van der Waals surface area (Å²) in [6, 6.07) is 0. The van der Waals surface area contributed by atoms with Crippen molar-refractivity contribution in [1.82, 2.24) is 10.2 Å². The number of rotatable bonds is 6. The third kappa shape index (κ3) is 2.80. The van der Waals surface area contributed by atoms with Crippen molar-refractivity contribution in [2.24, 2.45) is 11.1 Å². The maximum absolute atomic E-state index is 12.1. The van der Waals surface area contributed by atoms with Crippen LogP contribution in [0.4, 0.5) is 0 Å². The standard InChI is InChI=1S/C13H27N3O/c1-5-12(2,9-14)11(17)15-10-13(16(3)4)7-6-8-13/h5-10,14H2,1-4H3,(H,15,17). The number of carbonyl (C=O) groups is 1. The summed E-state index contributed by atoms with van der Waals surface area (Å²) in [6.45, 7) is 5.10. The molecular formula is C13H27N3O. The molecule has 0 bridgehead atoms. The summed E-state index contributed by atoms with van der Waals surface area (Å²) in [5.41, 5.74) is 5.45. The SMILES string of the molecule is CCC(C)(CN)C(=O)NCC1(N(C)C)CCC1. The Balaban J connectivity index is 2.53. The average Bonchev–Trinajstić information content (AvgIpc) is 2.25. The van der Waals surface area contributed by atoms with Crippen LogP contribution in [-0.2, 0) is 4.79 Å². The topological polar surface area (TPSA) is 58.4 Å². The third-order valence-electron chi connectivity index (χ3n) is 4.59. The monoisotopic (exact) mass is 241 g/mol. The maximum atomic E-state index is 12.1. The van der Waals surface area contributed by atoms with Gasteiger partial charge >= 0.3 is 0 Å². The van der Waals surface area contributed by atoms with Crippen LogP contribution >= 0.6 is 0 Å². The van der Waals surface area contributed by atoms with Crippen molar-refractivity contribution in [1.29, 1.82) is 0 Å². The first-order valence-electron chi connectivity index (χ1n) is 6.56. The molecule has 0 saturated heterocycles. The van der Waals surface area contributed by atoms with Gasteiger partial charge in [0.05, 0.1) is 5.41 Å². The summed E-state index contributed by atoms with van der Waals surface area (Å²) in [6.07, 6.45) is 4.39. The molecule has 0 aromatic carbocycles. The quantitative estimate of drug-likeness (QED) is 0.728. The summed E-state index contributed by atoms with van der Waals surface area (Å²) < 4.78 is 0. The van der Waals surface area contributed by atoms with E-state index in [2.05, 4.69) is 24.3 Å². The Morgan fingerprint density at radius 3 is 2.35 bits per heavy atom. The number of nitrogens with one attached hydrogen (secondary N) is 1. The Kier molecular flexibility index (Phi) is 4.55. The lowest BCUT2D eigenvalue weighted by Gasteiger charge is -2.47. The molecule has 0 heterocycles. The minimum Gasteiger partial charge on any atom is -0.354 e. The zero-order valence-electron chi connectivity index (χ0n) is 11.7. The fraction of sp³-hybridized carbons (Fsp3) is 0.923. The van der Waals surface area contributed by atoms with Crippen LogP contribution in [0.3, 0.4) is 0 Å². The van der Waals surface area contributed by atoms with Gasteiger partial charge in [-0.15, -0.1) is 0 Å². The first-order chi connectivity index (χ1) is 7.90. The van der Waals surface area contributed by atoms with Gasteiger partial charge in [-0.1, -0.05) is 6.92 Å². The first kappa shape index (κ1) is 14.5. The summed E-state index contributed by atoms with van der Waals surface area (Å²) in [7, 11) is 4.18. The molecule has 0 radical (unpaired) electrons. The zero-order chi connectivity index (χ0) is 13.1. The van der Waals surface area contributed by atoms with E-state index < -0.39 is 5.41 Å². The van der Waals surface area contributed by atoms with Crippen LogP contribution in [0, 0.1) is 5.41 Å². The first-order valence-corrected chi connectivity index (χ1v) is 6.56.